The van der Waals surface area contributed by atoms with Crippen LogP contribution in [0.25, 0.3) is 12.2 Å². The van der Waals surface area contributed by atoms with Crippen molar-refractivity contribution >= 4 is 55.6 Å². The van der Waals surface area contributed by atoms with E-state index in [1.54, 1.807) is 6.20 Å². The normalized spacial score (nSPS) is 14.3. The molecule has 2 aliphatic carbocycles. The number of aliphatic hydroxyl groups is 1. The molecule has 0 saturated heterocycles. The highest BCUT2D eigenvalue weighted by molar-refractivity contribution is 9.10. The molecule has 0 unspecified atom stereocenters. The SMILES string of the molecule is ClCC1=Cc2c(Br)cncc2C1.OCC1=Cc2c(Br)cncc2C1. The van der Waals surface area contributed by atoms with Crippen LogP contribution in [0.5, 0.6) is 0 Å². The number of allylic oxidation sites excluding steroid dienone is 1. The molecule has 0 aliphatic heterocycles. The van der Waals surface area contributed by atoms with Crippen molar-refractivity contribution in [3.63, 3.8) is 0 Å². The van der Waals surface area contributed by atoms with E-state index in [1.807, 2.05) is 24.7 Å². The molecule has 0 saturated carbocycles. The maximum atomic E-state index is 8.93. The summed E-state index contributed by atoms with van der Waals surface area (Å²) in [6.45, 7) is 0.140. The smallest absolute Gasteiger partial charge is 0.0648 e. The number of hydrogen-bond acceptors (Lipinski definition) is 3. The summed E-state index contributed by atoms with van der Waals surface area (Å²) in [5.41, 5.74) is 7.17. The van der Waals surface area contributed by atoms with Gasteiger partial charge in [0.15, 0.2) is 0 Å². The molecule has 24 heavy (non-hydrogen) atoms. The predicted octanol–water partition coefficient (Wildman–Crippen LogP) is 4.80. The molecule has 2 aliphatic rings. The van der Waals surface area contributed by atoms with Crippen LogP contribution in [-0.2, 0) is 12.8 Å². The lowest BCUT2D eigenvalue weighted by Gasteiger charge is -1.98. The van der Waals surface area contributed by atoms with Gasteiger partial charge in [-0.3, -0.25) is 9.97 Å². The first-order valence-electron chi connectivity index (χ1n) is 7.42. The van der Waals surface area contributed by atoms with Gasteiger partial charge in [-0.1, -0.05) is 17.7 Å². The van der Waals surface area contributed by atoms with E-state index in [9.17, 15) is 0 Å². The third-order valence-electron chi connectivity index (χ3n) is 3.95. The lowest BCUT2D eigenvalue weighted by molar-refractivity contribution is 0.330. The second-order valence-electron chi connectivity index (χ2n) is 5.64. The molecular formula is C18H15Br2ClN2O. The van der Waals surface area contributed by atoms with Gasteiger partial charge in [0.05, 0.1) is 6.61 Å². The summed E-state index contributed by atoms with van der Waals surface area (Å²) in [6.07, 6.45) is 13.3. The quantitative estimate of drug-likeness (QED) is 0.642. The summed E-state index contributed by atoms with van der Waals surface area (Å²) in [4.78, 5) is 8.16. The van der Waals surface area contributed by atoms with Crippen LogP contribution in [0.3, 0.4) is 0 Å². The molecule has 0 spiro atoms. The Bertz CT molecular complexity index is 764. The Hall–Kier alpha value is -1.01. The Balaban J connectivity index is 0.000000141. The van der Waals surface area contributed by atoms with E-state index in [-0.39, 0.29) is 6.61 Å². The van der Waals surface area contributed by atoms with Crippen LogP contribution in [0.1, 0.15) is 22.3 Å². The zero-order valence-electron chi connectivity index (χ0n) is 12.8. The average molecular weight is 471 g/mol. The van der Waals surface area contributed by atoms with E-state index in [2.05, 4.69) is 47.9 Å². The molecule has 0 aromatic carbocycles. The van der Waals surface area contributed by atoms with Gasteiger partial charge in [-0.05, 0) is 72.5 Å². The van der Waals surface area contributed by atoms with Crippen molar-refractivity contribution in [3.05, 3.63) is 67.1 Å². The molecular weight excluding hydrogens is 455 g/mol. The highest BCUT2D eigenvalue weighted by Crippen LogP contribution is 2.30. The standard InChI is InChI=1S/C9H7BrClN.C9H8BrNO/c10-9-5-12-4-7-1-6(3-11)2-8(7)9;10-9-4-11-3-7-1-6(5-12)2-8(7)9/h2,4-5H,1,3H2;2-4,12H,1,5H2. The van der Waals surface area contributed by atoms with Gasteiger partial charge in [-0.15, -0.1) is 11.6 Å². The van der Waals surface area contributed by atoms with E-state index in [4.69, 9.17) is 16.7 Å². The molecule has 124 valence electrons. The van der Waals surface area contributed by atoms with Crippen LogP contribution in [0.4, 0.5) is 0 Å². The molecule has 3 nitrogen and oxygen atoms in total. The lowest BCUT2D eigenvalue weighted by Crippen LogP contribution is -1.90. The number of nitrogens with zero attached hydrogens (tertiary/aromatic N) is 2. The van der Waals surface area contributed by atoms with Gasteiger partial charge in [0.1, 0.15) is 0 Å². The van der Waals surface area contributed by atoms with Crippen molar-refractivity contribution in [2.45, 2.75) is 12.8 Å². The van der Waals surface area contributed by atoms with Crippen molar-refractivity contribution in [2.75, 3.05) is 12.5 Å². The van der Waals surface area contributed by atoms with Crippen molar-refractivity contribution in [3.8, 4) is 0 Å². The van der Waals surface area contributed by atoms with Crippen molar-refractivity contribution < 1.29 is 5.11 Å². The fourth-order valence-corrected chi connectivity index (χ4v) is 3.91. The second-order valence-corrected chi connectivity index (χ2v) is 7.61. The number of alkyl halides is 1. The second kappa shape index (κ2) is 7.91. The number of aliphatic hydroxyl groups excluding tert-OH is 1. The first kappa shape index (κ1) is 17.8. The molecule has 0 amide bonds. The fourth-order valence-electron chi connectivity index (χ4n) is 2.76. The number of hydrogen-bond donors (Lipinski definition) is 1. The van der Waals surface area contributed by atoms with Gasteiger partial charge >= 0.3 is 0 Å². The minimum absolute atomic E-state index is 0.140. The highest BCUT2D eigenvalue weighted by Gasteiger charge is 2.14. The van der Waals surface area contributed by atoms with Gasteiger partial charge in [0.25, 0.3) is 0 Å². The fraction of sp³-hybridized carbons (Fsp3) is 0.222. The number of aromatic nitrogens is 2. The third kappa shape index (κ3) is 3.80. The van der Waals surface area contributed by atoms with E-state index in [0.29, 0.717) is 5.88 Å². The average Bonchev–Trinajstić information content (AvgIpc) is 3.20. The molecule has 0 radical (unpaired) electrons. The maximum absolute atomic E-state index is 8.93. The van der Waals surface area contributed by atoms with Gasteiger partial charge in [0, 0.05) is 39.6 Å². The number of pyridine rings is 2. The summed E-state index contributed by atoms with van der Waals surface area (Å²) >= 11 is 12.6. The van der Waals surface area contributed by atoms with Gasteiger partial charge in [-0.2, -0.15) is 0 Å². The molecule has 0 fully saturated rings. The third-order valence-corrected chi connectivity index (χ3v) is 5.56. The van der Waals surface area contributed by atoms with Crippen LogP contribution in [0.15, 0.2) is 44.9 Å². The molecule has 2 heterocycles. The number of halogens is 3. The zero-order valence-corrected chi connectivity index (χ0v) is 16.7. The minimum atomic E-state index is 0.140. The summed E-state index contributed by atoms with van der Waals surface area (Å²) in [6, 6.07) is 0. The summed E-state index contributed by atoms with van der Waals surface area (Å²) in [7, 11) is 0. The van der Waals surface area contributed by atoms with Crippen molar-refractivity contribution in [1.29, 1.82) is 0 Å². The Labute approximate surface area is 162 Å². The Morgan fingerprint density at radius 3 is 1.83 bits per heavy atom. The van der Waals surface area contributed by atoms with E-state index in [1.165, 1.54) is 22.3 Å². The van der Waals surface area contributed by atoms with Crippen LogP contribution in [0.2, 0.25) is 0 Å². The Morgan fingerprint density at radius 2 is 1.38 bits per heavy atom. The summed E-state index contributed by atoms with van der Waals surface area (Å²) in [5, 5.41) is 8.93. The van der Waals surface area contributed by atoms with Crippen LogP contribution in [-0.4, -0.2) is 27.6 Å². The Kier molecular flexibility index (Phi) is 5.87. The zero-order chi connectivity index (χ0) is 17.1. The van der Waals surface area contributed by atoms with E-state index < -0.39 is 0 Å². The molecule has 1 N–H and O–H groups in total. The summed E-state index contributed by atoms with van der Waals surface area (Å²) in [5.74, 6) is 0.612. The van der Waals surface area contributed by atoms with Crippen LogP contribution in [0, 0.1) is 0 Å². The van der Waals surface area contributed by atoms with Crippen LogP contribution >= 0.6 is 43.5 Å². The lowest BCUT2D eigenvalue weighted by atomic mass is 10.2. The maximum Gasteiger partial charge on any atom is 0.0648 e. The van der Waals surface area contributed by atoms with E-state index in [0.717, 1.165) is 32.9 Å². The number of fused-ring (bicyclic) bond motifs is 2. The first-order chi connectivity index (χ1) is 11.6. The largest absolute Gasteiger partial charge is 0.392 e. The minimum Gasteiger partial charge on any atom is -0.392 e. The van der Waals surface area contributed by atoms with Crippen LogP contribution < -0.4 is 0 Å². The van der Waals surface area contributed by atoms with E-state index >= 15 is 0 Å². The Morgan fingerprint density at radius 1 is 0.875 bits per heavy atom. The molecule has 2 aromatic rings. The van der Waals surface area contributed by atoms with Gasteiger partial charge in [-0.25, -0.2) is 0 Å². The van der Waals surface area contributed by atoms with Gasteiger partial charge in [0.2, 0.25) is 0 Å². The molecule has 4 rings (SSSR count). The molecule has 0 bridgehead atoms. The predicted molar refractivity (Wildman–Crippen MR) is 105 cm³/mol. The topological polar surface area (TPSA) is 46.0 Å². The highest BCUT2D eigenvalue weighted by atomic mass is 79.9. The van der Waals surface area contributed by atoms with Crippen molar-refractivity contribution in [1.82, 2.24) is 9.97 Å². The molecule has 6 heteroatoms. The van der Waals surface area contributed by atoms with Gasteiger partial charge < -0.3 is 5.11 Å². The van der Waals surface area contributed by atoms with Crippen molar-refractivity contribution in [2.24, 2.45) is 0 Å². The molecule has 0 atom stereocenters. The molecule has 2 aromatic heterocycles. The summed E-state index contributed by atoms with van der Waals surface area (Å²) < 4.78 is 2.06. The first-order valence-corrected chi connectivity index (χ1v) is 9.55. The number of rotatable bonds is 2. The monoisotopic (exact) mass is 468 g/mol.